The highest BCUT2D eigenvalue weighted by Gasteiger charge is 2.50. The van der Waals surface area contributed by atoms with E-state index in [1.807, 2.05) is 18.2 Å². The number of carbonyl (C=O) groups is 1. The van der Waals surface area contributed by atoms with E-state index in [1.54, 1.807) is 12.1 Å². The Morgan fingerprint density at radius 2 is 2.00 bits per heavy atom. The lowest BCUT2D eigenvalue weighted by atomic mass is 10.3. The molecular formula is C11H10O4S. The average Bonchev–Trinajstić information content (AvgIpc) is 3.09. The standard InChI is InChI=1S/C11H10O4S/c1-13-10(12)8-9(15-8)11(16)14-7-5-3-2-4-6-7/h2-6,8-9H,1H3/t8-,9-/m0/s1. The molecule has 0 bridgehead atoms. The minimum absolute atomic E-state index is 0.251. The van der Waals surface area contributed by atoms with Crippen molar-refractivity contribution >= 4 is 23.2 Å². The number of thiocarbonyl (C=S) groups is 1. The van der Waals surface area contributed by atoms with Crippen molar-refractivity contribution < 1.29 is 19.0 Å². The number of benzene rings is 1. The van der Waals surface area contributed by atoms with E-state index in [4.69, 9.17) is 21.7 Å². The molecule has 1 aliphatic rings. The van der Waals surface area contributed by atoms with Crippen molar-refractivity contribution in [3.63, 3.8) is 0 Å². The van der Waals surface area contributed by atoms with Gasteiger partial charge in [0, 0.05) is 0 Å². The number of carbonyl (C=O) groups excluding carboxylic acids is 1. The minimum atomic E-state index is -0.610. The smallest absolute Gasteiger partial charge is 0.338 e. The zero-order valence-electron chi connectivity index (χ0n) is 8.58. The van der Waals surface area contributed by atoms with Gasteiger partial charge in [-0.15, -0.1) is 0 Å². The third-order valence-electron chi connectivity index (χ3n) is 2.12. The highest BCUT2D eigenvalue weighted by atomic mass is 32.1. The fraction of sp³-hybridized carbons (Fsp3) is 0.273. The van der Waals surface area contributed by atoms with Gasteiger partial charge in [-0.3, -0.25) is 0 Å². The second-order valence-corrected chi connectivity index (χ2v) is 3.64. The van der Waals surface area contributed by atoms with Gasteiger partial charge in [-0.2, -0.15) is 0 Å². The van der Waals surface area contributed by atoms with Gasteiger partial charge >= 0.3 is 5.97 Å². The van der Waals surface area contributed by atoms with Gasteiger partial charge in [0.15, 0.2) is 17.3 Å². The summed E-state index contributed by atoms with van der Waals surface area (Å²) in [7, 11) is 1.31. The summed E-state index contributed by atoms with van der Waals surface area (Å²) in [6, 6.07) is 9.11. The monoisotopic (exact) mass is 238 g/mol. The Morgan fingerprint density at radius 3 is 2.62 bits per heavy atom. The molecule has 0 saturated carbocycles. The summed E-state index contributed by atoms with van der Waals surface area (Å²) in [4.78, 5) is 11.1. The topological polar surface area (TPSA) is 48.1 Å². The van der Waals surface area contributed by atoms with E-state index in [1.165, 1.54) is 7.11 Å². The van der Waals surface area contributed by atoms with Crippen molar-refractivity contribution in [2.75, 3.05) is 7.11 Å². The SMILES string of the molecule is COC(=O)[C@H]1O[C@@H]1C(=S)Oc1ccccc1. The van der Waals surface area contributed by atoms with Crippen LogP contribution >= 0.6 is 12.2 Å². The molecule has 1 fully saturated rings. The van der Waals surface area contributed by atoms with Crippen molar-refractivity contribution in [3.8, 4) is 5.75 Å². The third-order valence-corrected chi connectivity index (χ3v) is 2.43. The van der Waals surface area contributed by atoms with Crippen LogP contribution in [0.2, 0.25) is 0 Å². The van der Waals surface area contributed by atoms with E-state index in [0.29, 0.717) is 5.75 Å². The van der Waals surface area contributed by atoms with E-state index < -0.39 is 18.2 Å². The van der Waals surface area contributed by atoms with Crippen molar-refractivity contribution in [2.45, 2.75) is 12.2 Å². The first-order valence-corrected chi connectivity index (χ1v) is 5.13. The molecule has 0 amide bonds. The number of hydrogen-bond donors (Lipinski definition) is 0. The lowest BCUT2D eigenvalue weighted by Crippen LogP contribution is -2.19. The predicted octanol–water partition coefficient (Wildman–Crippen LogP) is 1.33. The Hall–Kier alpha value is -1.46. The average molecular weight is 238 g/mol. The summed E-state index contributed by atoms with van der Waals surface area (Å²) in [5.74, 6) is 0.204. The molecule has 84 valence electrons. The largest absolute Gasteiger partial charge is 0.467 e. The maximum absolute atomic E-state index is 11.1. The van der Waals surface area contributed by atoms with E-state index in [2.05, 4.69) is 4.74 Å². The molecule has 0 radical (unpaired) electrons. The summed E-state index contributed by atoms with van der Waals surface area (Å²) < 4.78 is 15.0. The number of ether oxygens (including phenoxy) is 3. The van der Waals surface area contributed by atoms with Crippen LogP contribution in [0.3, 0.4) is 0 Å². The lowest BCUT2D eigenvalue weighted by molar-refractivity contribution is -0.142. The summed E-state index contributed by atoms with van der Waals surface area (Å²) in [6.07, 6.45) is -1.08. The van der Waals surface area contributed by atoms with Crippen molar-refractivity contribution in [1.29, 1.82) is 0 Å². The predicted molar refractivity (Wildman–Crippen MR) is 60.3 cm³/mol. The fourth-order valence-corrected chi connectivity index (χ4v) is 1.53. The number of rotatable bonds is 3. The van der Waals surface area contributed by atoms with Crippen LogP contribution < -0.4 is 4.74 Å². The molecule has 0 unspecified atom stereocenters. The van der Waals surface area contributed by atoms with Gasteiger partial charge in [-0.05, 0) is 24.4 Å². The summed E-state index contributed by atoms with van der Waals surface area (Å²) in [5.41, 5.74) is 0. The normalized spacial score (nSPS) is 22.3. The third kappa shape index (κ3) is 2.37. The van der Waals surface area contributed by atoms with E-state index in [0.717, 1.165) is 0 Å². The van der Waals surface area contributed by atoms with Crippen LogP contribution in [0.4, 0.5) is 0 Å². The molecular weight excluding hydrogens is 228 g/mol. The van der Waals surface area contributed by atoms with Crippen molar-refractivity contribution in [3.05, 3.63) is 30.3 Å². The molecule has 0 aromatic heterocycles. The fourth-order valence-electron chi connectivity index (χ4n) is 1.25. The summed E-state index contributed by atoms with van der Waals surface area (Å²) in [6.45, 7) is 0. The van der Waals surface area contributed by atoms with Crippen LogP contribution in [0.25, 0.3) is 0 Å². The number of epoxide rings is 1. The molecule has 1 saturated heterocycles. The highest BCUT2D eigenvalue weighted by molar-refractivity contribution is 7.80. The Kier molecular flexibility index (Phi) is 3.17. The van der Waals surface area contributed by atoms with Gasteiger partial charge < -0.3 is 14.2 Å². The molecule has 1 aromatic rings. The highest BCUT2D eigenvalue weighted by Crippen LogP contribution is 2.26. The van der Waals surface area contributed by atoms with Gasteiger partial charge in [-0.25, -0.2) is 4.79 Å². The summed E-state index contributed by atoms with van der Waals surface area (Å²) in [5, 5.41) is 0.251. The van der Waals surface area contributed by atoms with Crippen molar-refractivity contribution in [1.82, 2.24) is 0 Å². The molecule has 2 atom stereocenters. The van der Waals surface area contributed by atoms with E-state index >= 15 is 0 Å². The molecule has 4 nitrogen and oxygen atoms in total. The van der Waals surface area contributed by atoms with Crippen LogP contribution in [-0.4, -0.2) is 30.3 Å². The molecule has 0 N–H and O–H groups in total. The van der Waals surface area contributed by atoms with Gasteiger partial charge in [0.25, 0.3) is 0 Å². The molecule has 0 spiro atoms. The Labute approximate surface area is 98.1 Å². The zero-order valence-corrected chi connectivity index (χ0v) is 9.40. The van der Waals surface area contributed by atoms with E-state index in [-0.39, 0.29) is 5.05 Å². The summed E-state index contributed by atoms with van der Waals surface area (Å²) >= 11 is 5.01. The van der Waals surface area contributed by atoms with Gasteiger partial charge in [-0.1, -0.05) is 18.2 Å². The van der Waals surface area contributed by atoms with Crippen LogP contribution in [-0.2, 0) is 14.3 Å². The molecule has 2 rings (SSSR count). The molecule has 16 heavy (non-hydrogen) atoms. The van der Waals surface area contributed by atoms with Gasteiger partial charge in [0.2, 0.25) is 0 Å². The molecule has 1 aliphatic heterocycles. The quantitative estimate of drug-likeness (QED) is 0.452. The first kappa shape index (κ1) is 11.0. The number of esters is 1. The van der Waals surface area contributed by atoms with Crippen LogP contribution in [0.5, 0.6) is 5.75 Å². The Bertz CT molecular complexity index is 404. The Morgan fingerprint density at radius 1 is 1.31 bits per heavy atom. The number of para-hydroxylation sites is 1. The first-order valence-electron chi connectivity index (χ1n) is 4.72. The van der Waals surface area contributed by atoms with Crippen LogP contribution in [0.1, 0.15) is 0 Å². The second-order valence-electron chi connectivity index (χ2n) is 3.23. The number of methoxy groups -OCH3 is 1. The van der Waals surface area contributed by atoms with Crippen LogP contribution in [0, 0.1) is 0 Å². The second kappa shape index (κ2) is 4.59. The maximum atomic E-state index is 11.1. The molecule has 1 heterocycles. The lowest BCUT2D eigenvalue weighted by Gasteiger charge is -2.03. The minimum Gasteiger partial charge on any atom is -0.467 e. The molecule has 5 heteroatoms. The van der Waals surface area contributed by atoms with E-state index in [9.17, 15) is 4.79 Å². The number of hydrogen-bond acceptors (Lipinski definition) is 5. The van der Waals surface area contributed by atoms with Gasteiger partial charge in [0.05, 0.1) is 7.11 Å². The first-order chi connectivity index (χ1) is 7.72. The maximum Gasteiger partial charge on any atom is 0.338 e. The van der Waals surface area contributed by atoms with Crippen molar-refractivity contribution in [2.24, 2.45) is 0 Å². The Balaban J connectivity index is 1.89. The zero-order chi connectivity index (χ0) is 11.5. The van der Waals surface area contributed by atoms with Crippen LogP contribution in [0.15, 0.2) is 30.3 Å². The van der Waals surface area contributed by atoms with Gasteiger partial charge in [0.1, 0.15) is 5.75 Å². The molecule has 0 aliphatic carbocycles. The molecule has 1 aromatic carbocycles.